The molecule has 1 aliphatic carbocycles. The number of halogens is 1. The number of hydrogen-bond acceptors (Lipinski definition) is 5. The van der Waals surface area contributed by atoms with Crippen LogP contribution < -0.4 is 10.7 Å². The number of aromatic nitrogens is 3. The van der Waals surface area contributed by atoms with Crippen molar-refractivity contribution in [2.24, 2.45) is 5.10 Å². The van der Waals surface area contributed by atoms with Gasteiger partial charge in [-0.3, -0.25) is 9.88 Å². The molecule has 5 rings (SSSR count). The highest BCUT2D eigenvalue weighted by Crippen LogP contribution is 2.33. The number of aromatic amines is 2. The summed E-state index contributed by atoms with van der Waals surface area (Å²) in [4.78, 5) is 23.6. The highest BCUT2D eigenvalue weighted by molar-refractivity contribution is 6.31. The monoisotopic (exact) mass is 418 g/mol. The summed E-state index contributed by atoms with van der Waals surface area (Å²) in [5.41, 5.74) is 4.55. The fraction of sp³-hybridized carbons (Fsp3) is 0.227. The number of H-pyrrole nitrogens is 2. The van der Waals surface area contributed by atoms with Gasteiger partial charge in [-0.2, -0.15) is 5.10 Å². The molecule has 3 heterocycles. The van der Waals surface area contributed by atoms with Crippen LogP contribution in [-0.4, -0.2) is 46.3 Å². The molecule has 8 heteroatoms. The highest BCUT2D eigenvalue weighted by Gasteiger charge is 2.18. The molecule has 1 unspecified atom stereocenters. The van der Waals surface area contributed by atoms with Crippen molar-refractivity contribution in [1.82, 2.24) is 19.9 Å². The van der Waals surface area contributed by atoms with Gasteiger partial charge in [0.05, 0.1) is 22.9 Å². The van der Waals surface area contributed by atoms with Crippen molar-refractivity contribution in [3.8, 4) is 0 Å². The van der Waals surface area contributed by atoms with Gasteiger partial charge in [0.25, 0.3) is 0 Å². The topological polar surface area (TPSA) is 80.4 Å². The molecule has 0 bridgehead atoms. The maximum absolute atomic E-state index is 11.5. The summed E-state index contributed by atoms with van der Waals surface area (Å²) in [7, 11) is 2.05. The van der Waals surface area contributed by atoms with Crippen molar-refractivity contribution >= 4 is 40.2 Å². The van der Waals surface area contributed by atoms with E-state index < -0.39 is 0 Å². The SMILES string of the molecule is CN1CC=NN(c2c#cc(C3=CCC(c4nc5[nH]c(=O)[nH]c5cc4Cl)C=C3)cc2)C1. The lowest BCUT2D eigenvalue weighted by atomic mass is 9.91. The molecular weight excluding hydrogens is 400 g/mol. The molecule has 2 N–H and O–H groups in total. The van der Waals surface area contributed by atoms with Crippen LogP contribution in [-0.2, 0) is 0 Å². The van der Waals surface area contributed by atoms with Gasteiger partial charge in [0, 0.05) is 24.2 Å². The van der Waals surface area contributed by atoms with Gasteiger partial charge >= 0.3 is 5.69 Å². The van der Waals surface area contributed by atoms with Crippen LogP contribution in [0, 0.1) is 12.1 Å². The predicted octanol–water partition coefficient (Wildman–Crippen LogP) is 3.33. The lowest BCUT2D eigenvalue weighted by Gasteiger charge is -2.27. The van der Waals surface area contributed by atoms with E-state index in [4.69, 9.17) is 11.6 Å². The van der Waals surface area contributed by atoms with Crippen molar-refractivity contribution in [3.63, 3.8) is 0 Å². The molecule has 0 saturated heterocycles. The molecule has 0 radical (unpaired) electrons. The van der Waals surface area contributed by atoms with Gasteiger partial charge in [-0.05, 0) is 43.3 Å². The summed E-state index contributed by atoms with van der Waals surface area (Å²) in [6, 6.07) is 12.3. The van der Waals surface area contributed by atoms with E-state index in [1.54, 1.807) is 6.07 Å². The second kappa shape index (κ2) is 7.48. The van der Waals surface area contributed by atoms with Gasteiger partial charge in [0.1, 0.15) is 5.69 Å². The van der Waals surface area contributed by atoms with E-state index in [0.29, 0.717) is 16.2 Å². The zero-order valence-electron chi connectivity index (χ0n) is 16.3. The van der Waals surface area contributed by atoms with Crippen LogP contribution in [0.4, 0.5) is 5.69 Å². The highest BCUT2D eigenvalue weighted by atomic mass is 35.5. The molecular formula is C22H19ClN6O. The van der Waals surface area contributed by atoms with E-state index in [-0.39, 0.29) is 11.6 Å². The minimum Gasteiger partial charge on any atom is -0.304 e. The molecule has 1 atom stereocenters. The summed E-state index contributed by atoms with van der Waals surface area (Å²) >= 11 is 6.42. The first-order chi connectivity index (χ1) is 14.6. The number of fused-ring (bicyclic) bond motifs is 1. The van der Waals surface area contributed by atoms with Crippen molar-refractivity contribution in [1.29, 1.82) is 0 Å². The van der Waals surface area contributed by atoms with Gasteiger partial charge in [-0.15, -0.1) is 0 Å². The lowest BCUT2D eigenvalue weighted by Crippen LogP contribution is -2.37. The Balaban J connectivity index is 1.34. The number of pyridine rings is 1. The molecule has 0 fully saturated rings. The maximum atomic E-state index is 11.5. The van der Waals surface area contributed by atoms with Gasteiger partial charge in [0.2, 0.25) is 0 Å². The molecule has 0 amide bonds. The lowest BCUT2D eigenvalue weighted by molar-refractivity contribution is 0.367. The minimum atomic E-state index is -0.288. The third-order valence-corrected chi connectivity index (χ3v) is 5.55. The molecule has 0 saturated carbocycles. The van der Waals surface area contributed by atoms with Gasteiger partial charge in [-0.25, -0.2) is 14.8 Å². The van der Waals surface area contributed by atoms with E-state index in [1.807, 2.05) is 23.4 Å². The van der Waals surface area contributed by atoms with E-state index in [0.717, 1.165) is 42.2 Å². The zero-order valence-corrected chi connectivity index (χ0v) is 17.1. The van der Waals surface area contributed by atoms with Crippen molar-refractivity contribution < 1.29 is 0 Å². The van der Waals surface area contributed by atoms with Crippen LogP contribution in [0.15, 0.2) is 46.3 Å². The fourth-order valence-corrected chi connectivity index (χ4v) is 3.96. The molecule has 2 aliphatic rings. The quantitative estimate of drug-likeness (QED) is 0.683. The van der Waals surface area contributed by atoms with Gasteiger partial charge in [-0.1, -0.05) is 35.9 Å². The van der Waals surface area contributed by atoms with E-state index in [1.165, 1.54) is 0 Å². The van der Waals surface area contributed by atoms with Crippen LogP contribution >= 0.6 is 11.6 Å². The normalized spacial score (nSPS) is 19.2. The van der Waals surface area contributed by atoms with Gasteiger partial charge < -0.3 is 4.98 Å². The van der Waals surface area contributed by atoms with E-state index in [9.17, 15) is 4.79 Å². The van der Waals surface area contributed by atoms with E-state index >= 15 is 0 Å². The molecule has 30 heavy (non-hydrogen) atoms. The summed E-state index contributed by atoms with van der Waals surface area (Å²) in [6.45, 7) is 1.58. The smallest absolute Gasteiger partial charge is 0.304 e. The number of hydrazone groups is 1. The summed E-state index contributed by atoms with van der Waals surface area (Å²) in [6.07, 6.45) is 8.94. The molecule has 7 nitrogen and oxygen atoms in total. The molecule has 1 aliphatic heterocycles. The minimum absolute atomic E-state index is 0.0468. The average molecular weight is 419 g/mol. The Morgan fingerprint density at radius 3 is 2.90 bits per heavy atom. The Morgan fingerprint density at radius 2 is 2.17 bits per heavy atom. The van der Waals surface area contributed by atoms with Gasteiger partial charge in [0.15, 0.2) is 5.65 Å². The summed E-state index contributed by atoms with van der Waals surface area (Å²) < 4.78 is 0. The molecule has 2 aromatic heterocycles. The van der Waals surface area contributed by atoms with Crippen LogP contribution in [0.25, 0.3) is 16.7 Å². The Bertz CT molecular complexity index is 1240. The van der Waals surface area contributed by atoms with E-state index in [2.05, 4.69) is 62.4 Å². The zero-order chi connectivity index (χ0) is 20.7. The second-order valence-corrected chi connectivity index (χ2v) is 7.86. The number of rotatable bonds is 3. The number of nitrogens with one attached hydrogen (secondary N) is 2. The number of anilines is 1. The Kier molecular flexibility index (Phi) is 4.66. The molecule has 1 aromatic carbocycles. The van der Waals surface area contributed by atoms with Crippen molar-refractivity contribution in [2.45, 2.75) is 12.3 Å². The van der Waals surface area contributed by atoms with Crippen molar-refractivity contribution in [2.75, 3.05) is 25.3 Å². The molecule has 3 aromatic rings. The largest absolute Gasteiger partial charge is 0.325 e. The fourth-order valence-electron chi connectivity index (χ4n) is 3.67. The van der Waals surface area contributed by atoms with Crippen LogP contribution in [0.5, 0.6) is 0 Å². The average Bonchev–Trinajstić information content (AvgIpc) is 3.12. The first kappa shape index (κ1) is 18.7. The second-order valence-electron chi connectivity index (χ2n) is 7.45. The third-order valence-electron chi connectivity index (χ3n) is 5.25. The number of hydrogen-bond donors (Lipinski definition) is 2. The summed E-state index contributed by atoms with van der Waals surface area (Å²) in [5, 5.41) is 6.86. The maximum Gasteiger partial charge on any atom is 0.325 e. The molecule has 0 spiro atoms. The Labute approximate surface area is 178 Å². The first-order valence-corrected chi connectivity index (χ1v) is 10.0. The standard InChI is InChI=1S/C22H19ClN6O/c1-28-11-10-24-29(13-28)17-8-6-15(7-9-17)14-2-4-16(5-3-14)20-18(23)12-19-21(26-20)27-22(30)25-19/h2-4,6,8,10,12,16H,5,11,13H2,1H3,(H2,25,26,27,30). The van der Waals surface area contributed by atoms with Crippen LogP contribution in [0.2, 0.25) is 5.02 Å². The molecule has 150 valence electrons. The Morgan fingerprint density at radius 1 is 1.27 bits per heavy atom. The number of nitrogens with zero attached hydrogens (tertiary/aromatic N) is 4. The predicted molar refractivity (Wildman–Crippen MR) is 119 cm³/mol. The van der Waals surface area contributed by atoms with Crippen LogP contribution in [0.3, 0.4) is 0 Å². The Hall–Kier alpha value is -3.34. The summed E-state index contributed by atoms with van der Waals surface area (Å²) in [5.74, 6) is 0.0468. The first-order valence-electron chi connectivity index (χ1n) is 9.66. The van der Waals surface area contributed by atoms with Crippen LogP contribution in [0.1, 0.15) is 23.6 Å². The number of imidazole rings is 1. The number of allylic oxidation sites excluding steroid dienone is 4. The van der Waals surface area contributed by atoms with Crippen molar-refractivity contribution in [3.05, 3.63) is 75.3 Å². The third kappa shape index (κ3) is 3.52.